The first-order valence-corrected chi connectivity index (χ1v) is 6.91. The summed E-state index contributed by atoms with van der Waals surface area (Å²) in [5.41, 5.74) is 0.570. The zero-order valence-corrected chi connectivity index (χ0v) is 12.9. The monoisotopic (exact) mass is 325 g/mol. The predicted octanol–water partition coefficient (Wildman–Crippen LogP) is 4.35. The molecule has 0 saturated heterocycles. The van der Waals surface area contributed by atoms with Crippen LogP contribution < -0.4 is 14.8 Å². The van der Waals surface area contributed by atoms with E-state index in [1.165, 1.54) is 14.2 Å². The van der Waals surface area contributed by atoms with E-state index in [1.807, 2.05) is 6.92 Å². The number of hydrogen-bond donors (Lipinski definition) is 1. The maximum atomic E-state index is 12.4. The maximum Gasteiger partial charge on any atom is 0.389 e. The summed E-state index contributed by atoms with van der Waals surface area (Å²) in [5, 5.41) is 3.37. The van der Waals surface area contributed by atoms with Gasteiger partial charge < -0.3 is 14.8 Å². The van der Waals surface area contributed by atoms with Gasteiger partial charge in [-0.05, 0) is 24.6 Å². The molecule has 0 spiro atoms. The third-order valence-corrected chi connectivity index (χ3v) is 3.37. The lowest BCUT2D eigenvalue weighted by Gasteiger charge is -2.22. The SMILES string of the molecule is CCNC(CCC(F)(F)F)c1cc(OC)c(OC)cc1Cl. The molecule has 1 aromatic rings. The van der Waals surface area contributed by atoms with Crippen molar-refractivity contribution >= 4 is 11.6 Å². The number of halogens is 4. The zero-order chi connectivity index (χ0) is 16.0. The van der Waals surface area contributed by atoms with Crippen molar-refractivity contribution in [2.45, 2.75) is 32.0 Å². The second-order valence-electron chi connectivity index (χ2n) is 4.49. The molecule has 3 nitrogen and oxygen atoms in total. The fourth-order valence-electron chi connectivity index (χ4n) is 2.06. The summed E-state index contributed by atoms with van der Waals surface area (Å²) >= 11 is 6.16. The van der Waals surface area contributed by atoms with Gasteiger partial charge in [0.1, 0.15) is 0 Å². The van der Waals surface area contributed by atoms with E-state index in [0.717, 1.165) is 0 Å². The third kappa shape index (κ3) is 5.28. The molecular formula is C14H19ClF3NO2. The van der Waals surface area contributed by atoms with Crippen molar-refractivity contribution in [1.29, 1.82) is 0 Å². The lowest BCUT2D eigenvalue weighted by molar-refractivity contribution is -0.136. The Morgan fingerprint density at radius 1 is 1.19 bits per heavy atom. The first-order valence-electron chi connectivity index (χ1n) is 6.54. The minimum Gasteiger partial charge on any atom is -0.493 e. The number of nitrogens with one attached hydrogen (secondary N) is 1. The Labute approximate surface area is 127 Å². The molecule has 0 aliphatic carbocycles. The van der Waals surface area contributed by atoms with Crippen molar-refractivity contribution in [2.24, 2.45) is 0 Å². The van der Waals surface area contributed by atoms with Gasteiger partial charge in [-0.1, -0.05) is 18.5 Å². The number of methoxy groups -OCH3 is 2. The highest BCUT2D eigenvalue weighted by molar-refractivity contribution is 6.31. The Hall–Kier alpha value is -1.14. The van der Waals surface area contributed by atoms with Gasteiger partial charge in [0.25, 0.3) is 0 Å². The van der Waals surface area contributed by atoms with Gasteiger partial charge >= 0.3 is 6.18 Å². The molecule has 0 aromatic heterocycles. The Morgan fingerprint density at radius 2 is 1.76 bits per heavy atom. The Bertz CT molecular complexity index is 466. The number of alkyl halides is 3. The van der Waals surface area contributed by atoms with Gasteiger partial charge in [-0.15, -0.1) is 0 Å². The summed E-state index contributed by atoms with van der Waals surface area (Å²) < 4.78 is 47.6. The molecule has 120 valence electrons. The number of benzene rings is 1. The summed E-state index contributed by atoms with van der Waals surface area (Å²) in [4.78, 5) is 0. The summed E-state index contributed by atoms with van der Waals surface area (Å²) in [6.45, 7) is 2.36. The van der Waals surface area contributed by atoms with E-state index in [-0.39, 0.29) is 6.42 Å². The molecule has 0 aliphatic heterocycles. The Kier molecular flexibility index (Phi) is 6.61. The molecule has 1 rings (SSSR count). The zero-order valence-electron chi connectivity index (χ0n) is 12.2. The van der Waals surface area contributed by atoms with Crippen molar-refractivity contribution in [3.05, 3.63) is 22.7 Å². The van der Waals surface area contributed by atoms with Crippen LogP contribution in [0.1, 0.15) is 31.4 Å². The van der Waals surface area contributed by atoms with Crippen LogP contribution in [0.25, 0.3) is 0 Å². The van der Waals surface area contributed by atoms with Crippen LogP contribution in [0.4, 0.5) is 13.2 Å². The second kappa shape index (κ2) is 7.75. The average molecular weight is 326 g/mol. The maximum absolute atomic E-state index is 12.4. The molecule has 21 heavy (non-hydrogen) atoms. The highest BCUT2D eigenvalue weighted by Crippen LogP contribution is 2.38. The predicted molar refractivity (Wildman–Crippen MR) is 76.3 cm³/mol. The molecule has 1 N–H and O–H groups in total. The third-order valence-electron chi connectivity index (χ3n) is 3.05. The highest BCUT2D eigenvalue weighted by atomic mass is 35.5. The molecule has 0 amide bonds. The molecule has 0 bridgehead atoms. The Balaban J connectivity index is 3.06. The molecule has 0 radical (unpaired) electrons. The highest BCUT2D eigenvalue weighted by Gasteiger charge is 2.29. The quantitative estimate of drug-likeness (QED) is 0.808. The minimum absolute atomic E-state index is 0.0907. The fraction of sp³-hybridized carbons (Fsp3) is 0.571. The second-order valence-corrected chi connectivity index (χ2v) is 4.90. The van der Waals surface area contributed by atoms with Crippen LogP contribution in [0.2, 0.25) is 5.02 Å². The van der Waals surface area contributed by atoms with Crippen LogP contribution >= 0.6 is 11.6 Å². The Morgan fingerprint density at radius 3 is 2.24 bits per heavy atom. The largest absolute Gasteiger partial charge is 0.493 e. The summed E-state index contributed by atoms with van der Waals surface area (Å²) in [5.74, 6) is 0.879. The van der Waals surface area contributed by atoms with Crippen LogP contribution in [0.15, 0.2) is 12.1 Å². The van der Waals surface area contributed by atoms with Crippen molar-refractivity contribution in [3.63, 3.8) is 0 Å². The van der Waals surface area contributed by atoms with Gasteiger partial charge in [0, 0.05) is 23.6 Å². The van der Waals surface area contributed by atoms with Gasteiger partial charge in [0.15, 0.2) is 11.5 Å². The van der Waals surface area contributed by atoms with E-state index >= 15 is 0 Å². The van der Waals surface area contributed by atoms with E-state index in [2.05, 4.69) is 5.32 Å². The van der Waals surface area contributed by atoms with Crippen LogP contribution in [0.5, 0.6) is 11.5 Å². The summed E-state index contributed by atoms with van der Waals surface area (Å²) in [6, 6.07) is 2.67. The fourth-order valence-corrected chi connectivity index (χ4v) is 2.34. The lowest BCUT2D eigenvalue weighted by atomic mass is 10.0. The van der Waals surface area contributed by atoms with Gasteiger partial charge in [0.2, 0.25) is 0 Å². The van der Waals surface area contributed by atoms with Crippen molar-refractivity contribution < 1.29 is 22.6 Å². The molecule has 0 fully saturated rings. The normalized spacial score (nSPS) is 13.1. The molecule has 1 atom stereocenters. The standard InChI is InChI=1S/C14H19ClF3NO2/c1-4-19-11(5-6-14(16,17)18)9-7-12(20-2)13(21-3)8-10(9)15/h7-8,11,19H,4-6H2,1-3H3. The minimum atomic E-state index is -4.20. The van der Waals surface area contributed by atoms with Gasteiger partial charge in [-0.3, -0.25) is 0 Å². The average Bonchev–Trinajstić information content (AvgIpc) is 2.42. The first-order chi connectivity index (χ1) is 9.82. The van der Waals surface area contributed by atoms with E-state index in [9.17, 15) is 13.2 Å². The lowest BCUT2D eigenvalue weighted by Crippen LogP contribution is -2.23. The van der Waals surface area contributed by atoms with Crippen LogP contribution in [0.3, 0.4) is 0 Å². The van der Waals surface area contributed by atoms with Crippen LogP contribution in [-0.4, -0.2) is 26.9 Å². The van der Waals surface area contributed by atoms with E-state index in [1.54, 1.807) is 12.1 Å². The molecule has 1 unspecified atom stereocenters. The number of rotatable bonds is 7. The van der Waals surface area contributed by atoms with E-state index in [0.29, 0.717) is 28.6 Å². The van der Waals surface area contributed by atoms with Crippen molar-refractivity contribution in [1.82, 2.24) is 5.32 Å². The van der Waals surface area contributed by atoms with Gasteiger partial charge in [0.05, 0.1) is 14.2 Å². The van der Waals surface area contributed by atoms with E-state index < -0.39 is 18.6 Å². The van der Waals surface area contributed by atoms with Gasteiger partial charge in [-0.2, -0.15) is 13.2 Å². The van der Waals surface area contributed by atoms with Gasteiger partial charge in [-0.25, -0.2) is 0 Å². The van der Waals surface area contributed by atoms with Crippen molar-refractivity contribution in [2.75, 3.05) is 20.8 Å². The number of hydrogen-bond acceptors (Lipinski definition) is 3. The molecule has 7 heteroatoms. The molecule has 0 aliphatic rings. The molecule has 1 aromatic carbocycles. The van der Waals surface area contributed by atoms with Crippen LogP contribution in [-0.2, 0) is 0 Å². The van der Waals surface area contributed by atoms with E-state index in [4.69, 9.17) is 21.1 Å². The van der Waals surface area contributed by atoms with Crippen LogP contribution in [0, 0.1) is 0 Å². The van der Waals surface area contributed by atoms with Crippen molar-refractivity contribution in [3.8, 4) is 11.5 Å². The number of ether oxygens (including phenoxy) is 2. The molecular weight excluding hydrogens is 307 g/mol. The topological polar surface area (TPSA) is 30.5 Å². The molecule has 0 heterocycles. The molecule has 0 saturated carbocycles. The summed E-state index contributed by atoms with van der Waals surface area (Å²) in [7, 11) is 2.94. The first kappa shape index (κ1) is 17.9. The summed E-state index contributed by atoms with van der Waals surface area (Å²) in [6.07, 6.45) is -5.17. The smallest absolute Gasteiger partial charge is 0.389 e.